The molecule has 2 heterocycles. The van der Waals surface area contributed by atoms with Crippen molar-refractivity contribution in [1.29, 1.82) is 0 Å². The first kappa shape index (κ1) is 20.2. The van der Waals surface area contributed by atoms with Crippen LogP contribution in [0.15, 0.2) is 12.1 Å². The fourth-order valence-corrected chi connectivity index (χ4v) is 4.02. The van der Waals surface area contributed by atoms with Gasteiger partial charge in [-0.1, -0.05) is 6.07 Å². The van der Waals surface area contributed by atoms with E-state index >= 15 is 0 Å². The lowest BCUT2D eigenvalue weighted by molar-refractivity contribution is 0.122. The summed E-state index contributed by atoms with van der Waals surface area (Å²) in [6.45, 7) is 15.1. The van der Waals surface area contributed by atoms with Crippen LogP contribution in [0.2, 0.25) is 0 Å². The molecule has 1 fully saturated rings. The van der Waals surface area contributed by atoms with E-state index in [1.54, 1.807) is 0 Å². The molecule has 0 unspecified atom stereocenters. The Balaban J connectivity index is 2.04. The van der Waals surface area contributed by atoms with Gasteiger partial charge in [0.15, 0.2) is 5.82 Å². The van der Waals surface area contributed by atoms with E-state index in [-0.39, 0.29) is 10.8 Å². The molecule has 0 saturated carbocycles. The van der Waals surface area contributed by atoms with Crippen molar-refractivity contribution in [2.75, 3.05) is 31.2 Å². The molecule has 6 nitrogen and oxygen atoms in total. The average molecular weight is 391 g/mol. The summed E-state index contributed by atoms with van der Waals surface area (Å²) in [6, 6.07) is 4.09. The summed E-state index contributed by atoms with van der Waals surface area (Å²) in [5.41, 5.74) is 4.85. The second kappa shape index (κ2) is 7.81. The summed E-state index contributed by atoms with van der Waals surface area (Å²) < 4.78 is 21.0. The van der Waals surface area contributed by atoms with Gasteiger partial charge in [-0.3, -0.25) is 0 Å². The van der Waals surface area contributed by atoms with E-state index in [4.69, 9.17) is 14.7 Å². The molecule has 0 aliphatic carbocycles. The smallest absolute Gasteiger partial charge is 0.150 e. The lowest BCUT2D eigenvalue weighted by Crippen LogP contribution is -2.37. The van der Waals surface area contributed by atoms with Gasteiger partial charge in [-0.2, -0.15) is 0 Å². The molecule has 1 saturated heterocycles. The molecule has 1 N–H and O–H groups in total. The number of rotatable bonds is 4. The summed E-state index contributed by atoms with van der Waals surface area (Å²) >= 11 is 0. The second-order valence-electron chi connectivity index (χ2n) is 8.17. The fourth-order valence-electron chi connectivity index (χ4n) is 3.22. The van der Waals surface area contributed by atoms with Gasteiger partial charge >= 0.3 is 0 Å². The molecule has 1 aliphatic heterocycles. The Bertz CT molecular complexity index is 857. The molecule has 2 atom stereocenters. The highest BCUT2D eigenvalue weighted by molar-refractivity contribution is 7.84. The third-order valence-electron chi connectivity index (χ3n) is 4.71. The van der Waals surface area contributed by atoms with Crippen LogP contribution in [0.5, 0.6) is 0 Å². The molecule has 2 aromatic rings. The highest BCUT2D eigenvalue weighted by atomic mass is 32.2. The van der Waals surface area contributed by atoms with Crippen molar-refractivity contribution >= 4 is 27.8 Å². The van der Waals surface area contributed by atoms with Gasteiger partial charge in [0.1, 0.15) is 0 Å². The van der Waals surface area contributed by atoms with Crippen molar-refractivity contribution in [3.8, 4) is 0 Å². The van der Waals surface area contributed by atoms with Crippen molar-refractivity contribution in [2.45, 2.75) is 52.3 Å². The maximum absolute atomic E-state index is 12.6. The molecule has 0 radical (unpaired) electrons. The number of benzene rings is 1. The summed E-state index contributed by atoms with van der Waals surface area (Å²) in [7, 11) is -1.16. The Morgan fingerprint density at radius 1 is 1.19 bits per heavy atom. The number of aromatic nitrogens is 2. The monoisotopic (exact) mass is 390 g/mol. The van der Waals surface area contributed by atoms with E-state index in [1.165, 1.54) is 0 Å². The first-order valence-corrected chi connectivity index (χ1v) is 10.6. The number of fused-ring (bicyclic) bond motifs is 1. The van der Waals surface area contributed by atoms with Gasteiger partial charge in [-0.15, -0.1) is 0 Å². The van der Waals surface area contributed by atoms with Crippen molar-refractivity contribution in [3.05, 3.63) is 29.0 Å². The number of nitrogens with zero attached hydrogens (tertiary/aromatic N) is 3. The normalized spacial score (nSPS) is 17.9. The van der Waals surface area contributed by atoms with Gasteiger partial charge in [0, 0.05) is 19.1 Å². The zero-order valence-corrected chi connectivity index (χ0v) is 17.9. The Labute approximate surface area is 164 Å². The lowest BCUT2D eigenvalue weighted by Gasteiger charge is -2.29. The molecule has 27 heavy (non-hydrogen) atoms. The third-order valence-corrected chi connectivity index (χ3v) is 6.39. The molecule has 1 aromatic carbocycles. The Kier molecular flexibility index (Phi) is 5.84. The van der Waals surface area contributed by atoms with Crippen molar-refractivity contribution in [3.63, 3.8) is 0 Å². The number of ether oxygens (including phenoxy) is 1. The first-order valence-electron chi connectivity index (χ1n) is 9.46. The van der Waals surface area contributed by atoms with Gasteiger partial charge in [0.2, 0.25) is 0 Å². The summed E-state index contributed by atoms with van der Waals surface area (Å²) in [6.07, 6.45) is 0. The molecule has 3 rings (SSSR count). The van der Waals surface area contributed by atoms with Gasteiger partial charge < -0.3 is 9.64 Å². The van der Waals surface area contributed by atoms with E-state index in [0.29, 0.717) is 13.2 Å². The van der Waals surface area contributed by atoms with E-state index < -0.39 is 11.0 Å². The number of nitrogens with one attached hydrogen (secondary N) is 1. The van der Waals surface area contributed by atoms with E-state index in [2.05, 4.69) is 28.7 Å². The molecular weight excluding hydrogens is 360 g/mol. The van der Waals surface area contributed by atoms with Crippen LogP contribution in [0.25, 0.3) is 11.0 Å². The average Bonchev–Trinajstić information content (AvgIpc) is 2.60. The van der Waals surface area contributed by atoms with Crippen molar-refractivity contribution in [1.82, 2.24) is 14.7 Å². The maximum atomic E-state index is 12.6. The minimum Gasteiger partial charge on any atom is -0.378 e. The number of hydrogen-bond donors (Lipinski definition) is 1. The van der Waals surface area contributed by atoms with Gasteiger partial charge in [0.25, 0.3) is 0 Å². The standard InChI is InChI=1S/C20H30N4O2S/c1-13-11-16(14(2)23-27(25)20(4,5)6)18-17(12-13)21-15(3)19(22-18)24-7-9-26-10-8-24/h11-12,14,23H,7-10H2,1-6H3/t14-,27-/m1/s1. The molecular formula is C20H30N4O2S. The molecule has 0 amide bonds. The summed E-state index contributed by atoms with van der Waals surface area (Å²) in [5.74, 6) is 0.917. The summed E-state index contributed by atoms with van der Waals surface area (Å²) in [4.78, 5) is 12.1. The van der Waals surface area contributed by atoms with Gasteiger partial charge in [0.05, 0.1) is 45.7 Å². The number of aryl methyl sites for hydroxylation is 2. The minimum absolute atomic E-state index is 0.0954. The summed E-state index contributed by atoms with van der Waals surface area (Å²) in [5, 5.41) is 0. The molecule has 0 bridgehead atoms. The lowest BCUT2D eigenvalue weighted by atomic mass is 10.0. The third kappa shape index (κ3) is 4.47. The maximum Gasteiger partial charge on any atom is 0.150 e. The van der Waals surface area contributed by atoms with Crippen molar-refractivity contribution < 1.29 is 8.95 Å². The quantitative estimate of drug-likeness (QED) is 0.868. The van der Waals surface area contributed by atoms with E-state index in [0.717, 1.165) is 46.8 Å². The number of hydrogen-bond acceptors (Lipinski definition) is 5. The Hall–Kier alpha value is -1.57. The van der Waals surface area contributed by atoms with E-state index in [1.807, 2.05) is 34.6 Å². The molecule has 7 heteroatoms. The van der Waals surface area contributed by atoms with Crippen LogP contribution in [0, 0.1) is 13.8 Å². The SMILES string of the molecule is Cc1cc([C@@H](C)N[S@](=O)C(C)(C)C)c2nc(N3CCOCC3)c(C)nc2c1. The fraction of sp³-hybridized carbons (Fsp3) is 0.600. The topological polar surface area (TPSA) is 67.4 Å². The largest absolute Gasteiger partial charge is 0.378 e. The predicted octanol–water partition coefficient (Wildman–Crippen LogP) is 3.20. The van der Waals surface area contributed by atoms with Crippen LogP contribution in [-0.2, 0) is 15.7 Å². The minimum atomic E-state index is -1.16. The zero-order valence-electron chi connectivity index (χ0n) is 17.1. The number of morpholine rings is 1. The highest BCUT2D eigenvalue weighted by Gasteiger charge is 2.24. The molecule has 1 aromatic heterocycles. The van der Waals surface area contributed by atoms with Crippen LogP contribution in [0.3, 0.4) is 0 Å². The van der Waals surface area contributed by atoms with Crippen LogP contribution in [-0.4, -0.2) is 45.2 Å². The predicted molar refractivity (Wildman–Crippen MR) is 111 cm³/mol. The zero-order chi connectivity index (χ0) is 19.8. The highest BCUT2D eigenvalue weighted by Crippen LogP contribution is 2.28. The molecule has 0 spiro atoms. The van der Waals surface area contributed by atoms with Gasteiger partial charge in [-0.25, -0.2) is 18.9 Å². The Morgan fingerprint density at radius 2 is 1.85 bits per heavy atom. The molecule has 1 aliphatic rings. The first-order chi connectivity index (χ1) is 12.7. The van der Waals surface area contributed by atoms with Gasteiger partial charge in [-0.05, 0) is 58.7 Å². The Morgan fingerprint density at radius 3 is 2.48 bits per heavy atom. The van der Waals surface area contributed by atoms with E-state index in [9.17, 15) is 4.21 Å². The van der Waals surface area contributed by atoms with Crippen molar-refractivity contribution in [2.24, 2.45) is 0 Å². The van der Waals surface area contributed by atoms with Crippen LogP contribution in [0.1, 0.15) is 50.6 Å². The van der Waals surface area contributed by atoms with Crippen LogP contribution < -0.4 is 9.62 Å². The van der Waals surface area contributed by atoms with Crippen LogP contribution in [0.4, 0.5) is 5.82 Å². The van der Waals surface area contributed by atoms with Crippen LogP contribution >= 0.6 is 0 Å². The molecule has 148 valence electrons. The second-order valence-corrected chi connectivity index (χ2v) is 10.2. The number of anilines is 1.